The first-order valence-electron chi connectivity index (χ1n) is 8.93. The van der Waals surface area contributed by atoms with E-state index in [-0.39, 0.29) is 35.9 Å². The summed E-state index contributed by atoms with van der Waals surface area (Å²) in [5.41, 5.74) is 4.93. The Morgan fingerprint density at radius 3 is 2.59 bits per heavy atom. The Morgan fingerprint density at radius 1 is 1.07 bits per heavy atom. The number of H-pyrrole nitrogens is 1. The molecule has 0 saturated carbocycles. The van der Waals surface area contributed by atoms with Crippen LogP contribution < -0.4 is 10.3 Å². The molecule has 138 valence electrons. The second kappa shape index (κ2) is 6.27. The molecule has 0 aliphatic heterocycles. The van der Waals surface area contributed by atoms with Crippen molar-refractivity contribution in [3.05, 3.63) is 68.5 Å². The van der Waals surface area contributed by atoms with Crippen molar-refractivity contribution in [1.29, 1.82) is 0 Å². The van der Waals surface area contributed by atoms with Crippen molar-refractivity contribution in [3.63, 3.8) is 0 Å². The Labute approximate surface area is 156 Å². The normalized spacial score (nSPS) is 16.4. The van der Waals surface area contributed by atoms with Gasteiger partial charge in [0.15, 0.2) is 11.5 Å². The van der Waals surface area contributed by atoms with Crippen molar-refractivity contribution in [2.75, 3.05) is 7.11 Å². The lowest BCUT2D eigenvalue weighted by Gasteiger charge is -2.26. The molecule has 27 heavy (non-hydrogen) atoms. The summed E-state index contributed by atoms with van der Waals surface area (Å²) in [6.45, 7) is 3.99. The van der Waals surface area contributed by atoms with Crippen LogP contribution in [0.2, 0.25) is 0 Å². The predicted octanol–water partition coefficient (Wildman–Crippen LogP) is 3.51. The SMILES string of the molecule is COc1cc2c(cc1O)CC(=O)CC2c1cc2cc(C)cc(C)c2[nH]c1=O. The number of pyridine rings is 1. The first kappa shape index (κ1) is 17.3. The van der Waals surface area contributed by atoms with Gasteiger partial charge in [-0.25, -0.2) is 0 Å². The largest absolute Gasteiger partial charge is 0.504 e. The van der Waals surface area contributed by atoms with Crippen LogP contribution in [0.25, 0.3) is 10.9 Å². The number of methoxy groups -OCH3 is 1. The van der Waals surface area contributed by atoms with E-state index in [4.69, 9.17) is 4.74 Å². The molecule has 5 heteroatoms. The van der Waals surface area contributed by atoms with E-state index in [2.05, 4.69) is 4.98 Å². The molecular formula is C22H21NO4. The molecule has 0 spiro atoms. The average molecular weight is 363 g/mol. The zero-order valence-corrected chi connectivity index (χ0v) is 15.6. The second-order valence-electron chi connectivity index (χ2n) is 7.29. The third-order valence-electron chi connectivity index (χ3n) is 5.33. The maximum Gasteiger partial charge on any atom is 0.252 e. The molecule has 1 atom stereocenters. The van der Waals surface area contributed by atoms with Crippen molar-refractivity contribution >= 4 is 16.7 Å². The summed E-state index contributed by atoms with van der Waals surface area (Å²) in [5, 5.41) is 11.0. The lowest BCUT2D eigenvalue weighted by Crippen LogP contribution is -2.25. The molecule has 0 amide bonds. The Bertz CT molecular complexity index is 1140. The number of aromatic amines is 1. The van der Waals surface area contributed by atoms with Crippen molar-refractivity contribution in [2.45, 2.75) is 32.6 Å². The molecule has 2 aromatic carbocycles. The van der Waals surface area contributed by atoms with Gasteiger partial charge in [-0.05, 0) is 60.2 Å². The van der Waals surface area contributed by atoms with Gasteiger partial charge in [0.25, 0.3) is 5.56 Å². The minimum absolute atomic E-state index is 0.00312. The van der Waals surface area contributed by atoms with Crippen LogP contribution in [0.4, 0.5) is 0 Å². The highest BCUT2D eigenvalue weighted by atomic mass is 16.5. The van der Waals surface area contributed by atoms with Gasteiger partial charge in [-0.2, -0.15) is 0 Å². The molecule has 1 unspecified atom stereocenters. The molecule has 2 N–H and O–H groups in total. The predicted molar refractivity (Wildman–Crippen MR) is 104 cm³/mol. The maximum absolute atomic E-state index is 12.9. The van der Waals surface area contributed by atoms with Crippen LogP contribution in [0.5, 0.6) is 11.5 Å². The number of aromatic nitrogens is 1. The number of phenolic OH excluding ortho intramolecular Hbond substituents is 1. The summed E-state index contributed by atoms with van der Waals surface area (Å²) >= 11 is 0. The van der Waals surface area contributed by atoms with Crippen molar-refractivity contribution in [1.82, 2.24) is 4.98 Å². The lowest BCUT2D eigenvalue weighted by molar-refractivity contribution is -0.119. The van der Waals surface area contributed by atoms with Crippen LogP contribution in [0.1, 0.15) is 40.2 Å². The van der Waals surface area contributed by atoms with E-state index in [1.165, 1.54) is 7.11 Å². The first-order chi connectivity index (χ1) is 12.9. The number of hydrogen-bond donors (Lipinski definition) is 2. The fourth-order valence-corrected chi connectivity index (χ4v) is 4.13. The number of phenols is 1. The fraction of sp³-hybridized carbons (Fsp3) is 0.273. The number of fused-ring (bicyclic) bond motifs is 2. The smallest absolute Gasteiger partial charge is 0.252 e. The highest BCUT2D eigenvalue weighted by Crippen LogP contribution is 2.40. The number of rotatable bonds is 2. The number of aromatic hydroxyl groups is 1. The van der Waals surface area contributed by atoms with Gasteiger partial charge in [0, 0.05) is 24.3 Å². The highest BCUT2D eigenvalue weighted by molar-refractivity contribution is 5.87. The first-order valence-corrected chi connectivity index (χ1v) is 8.93. The summed E-state index contributed by atoms with van der Waals surface area (Å²) in [6.07, 6.45) is 0.521. The third-order valence-corrected chi connectivity index (χ3v) is 5.33. The van der Waals surface area contributed by atoms with Gasteiger partial charge in [-0.1, -0.05) is 11.6 Å². The summed E-state index contributed by atoms with van der Waals surface area (Å²) in [5.74, 6) is 0.0436. The number of Topliss-reactive ketones (excluding diaryl/α,β-unsaturated/α-hetero) is 1. The van der Waals surface area contributed by atoms with Gasteiger partial charge in [-0.15, -0.1) is 0 Å². The van der Waals surface area contributed by atoms with Gasteiger partial charge in [0.05, 0.1) is 12.6 Å². The van der Waals surface area contributed by atoms with Crippen LogP contribution in [-0.2, 0) is 11.2 Å². The topological polar surface area (TPSA) is 79.4 Å². The molecule has 1 heterocycles. The second-order valence-corrected chi connectivity index (χ2v) is 7.29. The summed E-state index contributed by atoms with van der Waals surface area (Å²) in [7, 11) is 1.48. The quantitative estimate of drug-likeness (QED) is 0.730. The number of hydrogen-bond acceptors (Lipinski definition) is 4. The minimum Gasteiger partial charge on any atom is -0.504 e. The van der Waals surface area contributed by atoms with E-state index in [9.17, 15) is 14.7 Å². The van der Waals surface area contributed by atoms with E-state index >= 15 is 0 Å². The molecule has 3 aromatic rings. The molecule has 1 aliphatic carbocycles. The van der Waals surface area contributed by atoms with Gasteiger partial charge in [0.1, 0.15) is 5.78 Å². The van der Waals surface area contributed by atoms with Crippen LogP contribution in [0.15, 0.2) is 35.1 Å². The number of ketones is 1. The Kier molecular flexibility index (Phi) is 4.02. The Morgan fingerprint density at radius 2 is 1.85 bits per heavy atom. The van der Waals surface area contributed by atoms with Gasteiger partial charge < -0.3 is 14.8 Å². The zero-order valence-electron chi connectivity index (χ0n) is 15.6. The molecule has 0 radical (unpaired) electrons. The highest BCUT2D eigenvalue weighted by Gasteiger charge is 2.30. The molecule has 4 rings (SSSR count). The monoisotopic (exact) mass is 363 g/mol. The number of benzene rings is 2. The van der Waals surface area contributed by atoms with E-state index in [0.717, 1.165) is 33.2 Å². The summed E-state index contributed by atoms with van der Waals surface area (Å²) in [4.78, 5) is 28.2. The van der Waals surface area contributed by atoms with Crippen molar-refractivity contribution < 1.29 is 14.6 Å². The average Bonchev–Trinajstić information content (AvgIpc) is 2.60. The molecule has 5 nitrogen and oxygen atoms in total. The standard InChI is InChI=1S/C22H21NO4/c1-11-4-12(2)21-14(5-11)7-18(22(26)23-21)17-9-15(24)6-13-8-19(25)20(27-3)10-16(13)17/h4-5,7-8,10,17,25H,6,9H2,1-3H3,(H,23,26). The van der Waals surface area contributed by atoms with Crippen LogP contribution in [-0.4, -0.2) is 23.0 Å². The molecule has 0 bridgehead atoms. The van der Waals surface area contributed by atoms with Crippen LogP contribution >= 0.6 is 0 Å². The lowest BCUT2D eigenvalue weighted by atomic mass is 9.78. The van der Waals surface area contributed by atoms with Gasteiger partial charge >= 0.3 is 0 Å². The zero-order chi connectivity index (χ0) is 19.3. The minimum atomic E-state index is -0.357. The fourth-order valence-electron chi connectivity index (χ4n) is 4.13. The van der Waals surface area contributed by atoms with Gasteiger partial charge in [-0.3, -0.25) is 9.59 Å². The Balaban J connectivity index is 1.95. The maximum atomic E-state index is 12.9. The number of carbonyl (C=O) groups excluding carboxylic acids is 1. The van der Waals surface area contributed by atoms with E-state index < -0.39 is 0 Å². The number of aryl methyl sites for hydroxylation is 2. The molecule has 1 aliphatic rings. The summed E-state index contributed by atoms with van der Waals surface area (Å²) in [6, 6.07) is 9.27. The number of nitrogens with one attached hydrogen (secondary N) is 1. The number of ether oxygens (including phenoxy) is 1. The number of carbonyl (C=O) groups is 1. The van der Waals surface area contributed by atoms with E-state index in [0.29, 0.717) is 11.3 Å². The van der Waals surface area contributed by atoms with E-state index in [1.807, 2.05) is 32.0 Å². The van der Waals surface area contributed by atoms with Crippen molar-refractivity contribution in [2.24, 2.45) is 0 Å². The summed E-state index contributed by atoms with van der Waals surface area (Å²) < 4.78 is 5.23. The van der Waals surface area contributed by atoms with Gasteiger partial charge in [0.2, 0.25) is 0 Å². The third kappa shape index (κ3) is 2.89. The van der Waals surface area contributed by atoms with Crippen molar-refractivity contribution in [3.8, 4) is 11.5 Å². The van der Waals surface area contributed by atoms with Crippen LogP contribution in [0.3, 0.4) is 0 Å². The van der Waals surface area contributed by atoms with E-state index in [1.54, 1.807) is 12.1 Å². The van der Waals surface area contributed by atoms with Crippen LogP contribution in [0, 0.1) is 13.8 Å². The molecular weight excluding hydrogens is 342 g/mol. The molecule has 0 fully saturated rings. The molecule has 1 aromatic heterocycles. The Hall–Kier alpha value is -3.08. The molecule has 0 saturated heterocycles.